The minimum absolute atomic E-state index is 0.119. The molecule has 1 fully saturated rings. The number of azide groups is 1. The van der Waals surface area contributed by atoms with Gasteiger partial charge in [0.2, 0.25) is 0 Å². The van der Waals surface area contributed by atoms with Gasteiger partial charge in [-0.2, -0.15) is 0 Å². The average Bonchev–Trinajstić information content (AvgIpc) is 3.03. The van der Waals surface area contributed by atoms with Crippen LogP contribution >= 0.6 is 0 Å². The van der Waals surface area contributed by atoms with Crippen molar-refractivity contribution in [2.75, 3.05) is 6.61 Å². The van der Waals surface area contributed by atoms with E-state index in [1.165, 1.54) is 4.46 Å². The van der Waals surface area contributed by atoms with Gasteiger partial charge in [-0.05, 0) is 0 Å². The number of nitrogens with zero attached hydrogens (tertiary/aromatic N) is 3. The molecule has 0 aliphatic carbocycles. The summed E-state index contributed by atoms with van der Waals surface area (Å²) in [7, 11) is 0. The zero-order chi connectivity index (χ0) is 28.1. The van der Waals surface area contributed by atoms with Crippen molar-refractivity contribution in [1.29, 1.82) is 0 Å². The second-order valence-corrected chi connectivity index (χ2v) is 12.3. The fourth-order valence-electron chi connectivity index (χ4n) is 4.75. The predicted molar refractivity (Wildman–Crippen MR) is 160 cm³/mol. The number of hydrogen-bond donors (Lipinski definition) is 0. The molecule has 41 heavy (non-hydrogen) atoms. The van der Waals surface area contributed by atoms with Crippen LogP contribution in [0.1, 0.15) is 16.7 Å². The molecule has 0 unspecified atom stereocenters. The second kappa shape index (κ2) is 15.5. The summed E-state index contributed by atoms with van der Waals surface area (Å²) >= 11 is -0.119. The second-order valence-electron chi connectivity index (χ2n) is 9.69. The van der Waals surface area contributed by atoms with Gasteiger partial charge in [-0.3, -0.25) is 0 Å². The maximum absolute atomic E-state index is 9.51. The van der Waals surface area contributed by atoms with Gasteiger partial charge < -0.3 is 0 Å². The molecule has 1 aliphatic rings. The summed E-state index contributed by atoms with van der Waals surface area (Å²) in [5.74, 6) is 0. The molecule has 0 bridgehead atoms. The van der Waals surface area contributed by atoms with Crippen LogP contribution in [0.25, 0.3) is 10.4 Å². The molecule has 4 aromatic rings. The summed E-state index contributed by atoms with van der Waals surface area (Å²) in [6.07, 6.45) is -2.06. The van der Waals surface area contributed by atoms with Crippen LogP contribution in [0.5, 0.6) is 0 Å². The Morgan fingerprint density at radius 2 is 1.15 bits per heavy atom. The van der Waals surface area contributed by atoms with Crippen molar-refractivity contribution in [2.45, 2.75) is 49.2 Å². The zero-order valence-corrected chi connectivity index (χ0v) is 24.4. The fourth-order valence-corrected chi connectivity index (χ4v) is 7.33. The zero-order valence-electron chi connectivity index (χ0n) is 22.6. The third-order valence-electron chi connectivity index (χ3n) is 6.75. The van der Waals surface area contributed by atoms with Gasteiger partial charge in [0.25, 0.3) is 0 Å². The summed E-state index contributed by atoms with van der Waals surface area (Å²) in [6, 6.07) is 40.4. The molecule has 8 heteroatoms. The summed E-state index contributed by atoms with van der Waals surface area (Å²) < 4.78 is 27.1. The van der Waals surface area contributed by atoms with Crippen LogP contribution in [-0.4, -0.2) is 46.1 Å². The Hall–Kier alpha value is -3.45. The molecule has 0 saturated carbocycles. The predicted octanol–water partition coefficient (Wildman–Crippen LogP) is 6.23. The van der Waals surface area contributed by atoms with Crippen molar-refractivity contribution in [3.8, 4) is 0 Å². The molecule has 0 aromatic heterocycles. The average molecular weight is 615 g/mol. The van der Waals surface area contributed by atoms with Crippen LogP contribution in [0.2, 0.25) is 4.82 Å². The molecule has 1 aliphatic heterocycles. The number of rotatable bonds is 13. The normalized spacial score (nSPS) is 22.1. The first-order valence-corrected chi connectivity index (χ1v) is 15.5. The van der Waals surface area contributed by atoms with Gasteiger partial charge in [-0.1, -0.05) is 0 Å². The van der Waals surface area contributed by atoms with E-state index in [1.807, 2.05) is 109 Å². The van der Waals surface area contributed by atoms with E-state index in [2.05, 4.69) is 22.2 Å². The van der Waals surface area contributed by atoms with Crippen molar-refractivity contribution < 1.29 is 18.9 Å². The molecule has 5 rings (SSSR count). The minimum atomic E-state index is -0.720. The molecule has 1 heterocycles. The van der Waals surface area contributed by atoms with E-state index in [0.717, 1.165) is 16.7 Å². The van der Waals surface area contributed by atoms with Crippen LogP contribution in [0.3, 0.4) is 0 Å². The molecule has 0 spiro atoms. The molecule has 0 radical (unpaired) electrons. The van der Waals surface area contributed by atoms with E-state index in [9.17, 15) is 5.53 Å². The van der Waals surface area contributed by atoms with Gasteiger partial charge in [-0.15, -0.1) is 0 Å². The molecule has 4 aromatic carbocycles. The van der Waals surface area contributed by atoms with E-state index in [-0.39, 0.29) is 26.4 Å². The first kappa shape index (κ1) is 29.1. The number of ether oxygens (including phenoxy) is 4. The van der Waals surface area contributed by atoms with Gasteiger partial charge >= 0.3 is 248 Å². The maximum atomic E-state index is 9.51. The molecule has 0 N–H and O–H groups in total. The topological polar surface area (TPSA) is 85.7 Å². The molecular weight excluding hydrogens is 581 g/mol. The molecule has 210 valence electrons. The Labute approximate surface area is 247 Å². The number of hydrogen-bond acceptors (Lipinski definition) is 5. The SMILES string of the molecule is [N-]=[N+]=N[C@H]1O[C@H](COCc2ccccc2)[C@@H](OCc2ccccc2)[C@H](OCc2ccccc2)[C@@H]1[Se]c1ccccc1. The van der Waals surface area contributed by atoms with Crippen LogP contribution in [-0.2, 0) is 38.8 Å². The van der Waals surface area contributed by atoms with Crippen LogP contribution in [0, 0.1) is 0 Å². The van der Waals surface area contributed by atoms with Crippen molar-refractivity contribution in [2.24, 2.45) is 5.11 Å². The summed E-state index contributed by atoms with van der Waals surface area (Å²) in [4.78, 5) is 2.95. The van der Waals surface area contributed by atoms with Gasteiger partial charge in [0.1, 0.15) is 0 Å². The summed E-state index contributed by atoms with van der Waals surface area (Å²) in [5.41, 5.74) is 12.7. The first-order chi connectivity index (χ1) is 20.3. The van der Waals surface area contributed by atoms with E-state index in [4.69, 9.17) is 18.9 Å². The van der Waals surface area contributed by atoms with Gasteiger partial charge in [0.15, 0.2) is 0 Å². The first-order valence-electron chi connectivity index (χ1n) is 13.6. The fraction of sp³-hybridized carbons (Fsp3) is 0.273. The Balaban J connectivity index is 1.43. The molecular formula is C33H33N3O4Se. The van der Waals surface area contributed by atoms with Crippen LogP contribution in [0.15, 0.2) is 126 Å². The monoisotopic (exact) mass is 615 g/mol. The Morgan fingerprint density at radius 1 is 0.659 bits per heavy atom. The summed E-state index contributed by atoms with van der Waals surface area (Å²) in [6.45, 7) is 1.50. The van der Waals surface area contributed by atoms with E-state index < -0.39 is 24.5 Å². The molecule has 1 saturated heterocycles. The quantitative estimate of drug-likeness (QED) is 0.0774. The van der Waals surface area contributed by atoms with Crippen molar-refractivity contribution in [3.05, 3.63) is 148 Å². The van der Waals surface area contributed by atoms with E-state index >= 15 is 0 Å². The third-order valence-corrected chi connectivity index (χ3v) is 9.52. The van der Waals surface area contributed by atoms with Crippen molar-refractivity contribution >= 4 is 19.4 Å². The van der Waals surface area contributed by atoms with Gasteiger partial charge in [0.05, 0.1) is 0 Å². The molecule has 0 amide bonds. The summed E-state index contributed by atoms with van der Waals surface area (Å²) in [5, 5.41) is 4.12. The number of benzene rings is 4. The van der Waals surface area contributed by atoms with Gasteiger partial charge in [0, 0.05) is 0 Å². The third kappa shape index (κ3) is 8.52. The Bertz CT molecular complexity index is 1360. The molecule has 5 atom stereocenters. The van der Waals surface area contributed by atoms with Crippen LogP contribution in [0.4, 0.5) is 0 Å². The van der Waals surface area contributed by atoms with Crippen LogP contribution < -0.4 is 4.46 Å². The standard InChI is InChI=1S/C33H33N3O4Se/c34-36-35-33-32(41-28-19-11-4-12-20-28)31(39-23-27-17-9-3-10-18-27)30(38-22-26-15-7-2-8-16-26)29(40-33)24-37-21-25-13-5-1-6-14-25/h1-20,29-33H,21-24H2/t29-,30-,31+,32+,33+/m1/s1. The van der Waals surface area contributed by atoms with E-state index in [0.29, 0.717) is 19.8 Å². The Morgan fingerprint density at radius 3 is 1.68 bits per heavy atom. The van der Waals surface area contributed by atoms with Gasteiger partial charge in [-0.25, -0.2) is 0 Å². The Kier molecular flexibility index (Phi) is 11.0. The van der Waals surface area contributed by atoms with E-state index in [1.54, 1.807) is 0 Å². The molecule has 7 nitrogen and oxygen atoms in total. The van der Waals surface area contributed by atoms with Crippen molar-refractivity contribution in [3.63, 3.8) is 0 Å². The van der Waals surface area contributed by atoms with Crippen molar-refractivity contribution in [1.82, 2.24) is 0 Å².